The molecule has 0 spiro atoms. The molecule has 2 fully saturated rings. The van der Waals surface area contributed by atoms with Crippen LogP contribution in [0.5, 0.6) is 5.75 Å². The largest absolute Gasteiger partial charge is 0.461 e. The minimum absolute atomic E-state index is 0.123. The Morgan fingerprint density at radius 2 is 1.78 bits per heavy atom. The minimum atomic E-state index is -0.176. The predicted octanol–water partition coefficient (Wildman–Crippen LogP) is 3.87. The molecule has 5 rings (SSSR count). The molecule has 0 N–H and O–H groups in total. The van der Waals surface area contributed by atoms with Crippen molar-refractivity contribution < 1.29 is 18.7 Å². The molecule has 5 heteroatoms. The molecule has 0 bridgehead atoms. The Morgan fingerprint density at radius 3 is 2.56 bits per heavy atom. The number of benzene rings is 1. The van der Waals surface area contributed by atoms with E-state index in [1.807, 2.05) is 23.1 Å². The molecule has 2 aromatic rings. The van der Waals surface area contributed by atoms with Crippen molar-refractivity contribution in [1.29, 1.82) is 0 Å². The zero-order chi connectivity index (χ0) is 18.4. The highest BCUT2D eigenvalue weighted by Gasteiger charge is 2.36. The van der Waals surface area contributed by atoms with Gasteiger partial charge in [-0.25, -0.2) is 0 Å². The number of likely N-dealkylation sites (tertiary alicyclic amines) is 1. The van der Waals surface area contributed by atoms with Gasteiger partial charge in [0.2, 0.25) is 5.91 Å². The van der Waals surface area contributed by atoms with Crippen LogP contribution in [0.4, 0.5) is 0 Å². The van der Waals surface area contributed by atoms with E-state index < -0.39 is 0 Å². The van der Waals surface area contributed by atoms with Crippen LogP contribution in [0.25, 0.3) is 11.0 Å². The summed E-state index contributed by atoms with van der Waals surface area (Å²) in [4.78, 5) is 26.7. The summed E-state index contributed by atoms with van der Waals surface area (Å²) in [5.41, 5.74) is 2.16. The van der Waals surface area contributed by atoms with Crippen molar-refractivity contribution in [2.75, 3.05) is 13.1 Å². The van der Waals surface area contributed by atoms with Gasteiger partial charge >= 0.3 is 5.97 Å². The lowest BCUT2D eigenvalue weighted by molar-refractivity contribution is -0.143. The number of carbonyl (C=O) groups excluding carboxylic acids is 2. The van der Waals surface area contributed by atoms with Gasteiger partial charge in [0.15, 0.2) is 0 Å². The van der Waals surface area contributed by atoms with Gasteiger partial charge in [0.05, 0.1) is 5.92 Å². The first-order valence-corrected chi connectivity index (χ1v) is 10.2. The van der Waals surface area contributed by atoms with Crippen LogP contribution < -0.4 is 4.74 Å². The second-order valence-corrected chi connectivity index (χ2v) is 8.16. The third-order valence-corrected chi connectivity index (χ3v) is 6.21. The molecule has 2 aliphatic carbocycles. The molecule has 2 heterocycles. The summed E-state index contributed by atoms with van der Waals surface area (Å²) in [5.74, 6) is 1.91. The molecule has 0 radical (unpaired) electrons. The Bertz CT molecular complexity index is 887. The molecule has 1 aromatic carbocycles. The van der Waals surface area contributed by atoms with Gasteiger partial charge in [0.1, 0.15) is 17.1 Å². The van der Waals surface area contributed by atoms with Crippen molar-refractivity contribution in [2.24, 2.45) is 11.8 Å². The third-order valence-electron chi connectivity index (χ3n) is 6.21. The Morgan fingerprint density at radius 1 is 1.00 bits per heavy atom. The molecule has 0 atom stereocenters. The van der Waals surface area contributed by atoms with Gasteiger partial charge in [-0.2, -0.15) is 0 Å². The molecule has 142 valence electrons. The summed E-state index contributed by atoms with van der Waals surface area (Å²) < 4.78 is 11.6. The molecule has 1 amide bonds. The number of hydrogen-bond donors (Lipinski definition) is 0. The topological polar surface area (TPSA) is 59.8 Å². The van der Waals surface area contributed by atoms with E-state index in [-0.39, 0.29) is 23.7 Å². The summed E-state index contributed by atoms with van der Waals surface area (Å²) in [6, 6.07) is 5.68. The van der Waals surface area contributed by atoms with E-state index in [9.17, 15) is 9.59 Å². The number of piperidine rings is 1. The van der Waals surface area contributed by atoms with Crippen molar-refractivity contribution in [3.8, 4) is 5.75 Å². The second kappa shape index (κ2) is 6.70. The standard InChI is InChI=1S/C22H25NO4/c24-21(14-5-6-14)23-11-9-15(10-12-23)22(25)26-16-7-8-20-18(13-16)17-3-1-2-4-19(17)27-20/h7-8,13-15H,1-6,9-12H2. The van der Waals surface area contributed by atoms with Gasteiger partial charge in [-0.05, 0) is 63.1 Å². The molecule has 1 saturated heterocycles. The van der Waals surface area contributed by atoms with Crippen molar-refractivity contribution in [3.63, 3.8) is 0 Å². The SMILES string of the molecule is O=C(Oc1ccc2oc3c(c2c1)CCCC3)C1CCN(C(=O)C2CC2)CC1. The number of rotatable bonds is 3. The molecule has 1 saturated carbocycles. The first-order chi connectivity index (χ1) is 13.2. The minimum Gasteiger partial charge on any atom is -0.461 e. The molecular formula is C22H25NO4. The van der Waals surface area contributed by atoms with E-state index in [2.05, 4.69) is 0 Å². The van der Waals surface area contributed by atoms with Crippen LogP contribution in [0.2, 0.25) is 0 Å². The first-order valence-electron chi connectivity index (χ1n) is 10.2. The summed E-state index contributed by atoms with van der Waals surface area (Å²) in [6.45, 7) is 1.34. The molecule has 27 heavy (non-hydrogen) atoms. The Balaban J connectivity index is 1.25. The molecule has 1 aromatic heterocycles. The van der Waals surface area contributed by atoms with E-state index >= 15 is 0 Å². The number of furan rings is 1. The predicted molar refractivity (Wildman–Crippen MR) is 101 cm³/mol. The van der Waals surface area contributed by atoms with Crippen LogP contribution in [0.15, 0.2) is 22.6 Å². The highest BCUT2D eigenvalue weighted by molar-refractivity contribution is 5.85. The van der Waals surface area contributed by atoms with Crippen LogP contribution in [-0.4, -0.2) is 29.9 Å². The molecule has 0 unspecified atom stereocenters. The number of amides is 1. The monoisotopic (exact) mass is 367 g/mol. The Kier molecular flexibility index (Phi) is 4.18. The van der Waals surface area contributed by atoms with Crippen molar-refractivity contribution in [1.82, 2.24) is 4.90 Å². The number of nitrogens with zero attached hydrogens (tertiary/aromatic N) is 1. The average Bonchev–Trinajstić information content (AvgIpc) is 3.49. The summed E-state index contributed by atoms with van der Waals surface area (Å²) >= 11 is 0. The highest BCUT2D eigenvalue weighted by Crippen LogP contribution is 2.35. The molecule has 1 aliphatic heterocycles. The number of esters is 1. The fourth-order valence-corrected chi connectivity index (χ4v) is 4.43. The quantitative estimate of drug-likeness (QED) is 0.610. The summed E-state index contributed by atoms with van der Waals surface area (Å²) in [6.07, 6.45) is 7.84. The zero-order valence-corrected chi connectivity index (χ0v) is 15.5. The first kappa shape index (κ1) is 16.8. The smallest absolute Gasteiger partial charge is 0.314 e. The normalized spacial score (nSPS) is 20.5. The second-order valence-electron chi connectivity index (χ2n) is 8.16. The van der Waals surface area contributed by atoms with Gasteiger partial charge < -0.3 is 14.1 Å². The average molecular weight is 367 g/mol. The number of ether oxygens (including phenoxy) is 1. The van der Waals surface area contributed by atoms with Gasteiger partial charge in [-0.1, -0.05) is 0 Å². The Labute approximate surface area is 158 Å². The van der Waals surface area contributed by atoms with Crippen LogP contribution in [0, 0.1) is 11.8 Å². The lowest BCUT2D eigenvalue weighted by Crippen LogP contribution is -2.41. The number of aryl methyl sites for hydroxylation is 2. The fraction of sp³-hybridized carbons (Fsp3) is 0.545. The molecule has 5 nitrogen and oxygen atoms in total. The number of fused-ring (bicyclic) bond motifs is 3. The summed E-state index contributed by atoms with van der Waals surface area (Å²) in [7, 11) is 0. The van der Waals surface area contributed by atoms with Gasteiger partial charge in [0.25, 0.3) is 0 Å². The summed E-state index contributed by atoms with van der Waals surface area (Å²) in [5, 5.41) is 1.08. The van der Waals surface area contributed by atoms with Crippen LogP contribution in [0.3, 0.4) is 0 Å². The van der Waals surface area contributed by atoms with E-state index in [1.54, 1.807) is 0 Å². The fourth-order valence-electron chi connectivity index (χ4n) is 4.43. The van der Waals surface area contributed by atoms with E-state index in [0.29, 0.717) is 31.7 Å². The van der Waals surface area contributed by atoms with E-state index in [4.69, 9.17) is 9.15 Å². The van der Waals surface area contributed by atoms with Crippen LogP contribution >= 0.6 is 0 Å². The maximum atomic E-state index is 12.6. The Hall–Kier alpha value is -2.30. The zero-order valence-electron chi connectivity index (χ0n) is 15.5. The van der Waals surface area contributed by atoms with Crippen LogP contribution in [-0.2, 0) is 22.4 Å². The number of hydrogen-bond acceptors (Lipinski definition) is 4. The van der Waals surface area contributed by atoms with E-state index in [1.165, 1.54) is 18.4 Å². The van der Waals surface area contributed by atoms with E-state index in [0.717, 1.165) is 42.4 Å². The van der Waals surface area contributed by atoms with Gasteiger partial charge in [-0.15, -0.1) is 0 Å². The van der Waals surface area contributed by atoms with Gasteiger partial charge in [-0.3, -0.25) is 9.59 Å². The van der Waals surface area contributed by atoms with Crippen molar-refractivity contribution >= 4 is 22.8 Å². The maximum absolute atomic E-state index is 12.6. The number of carbonyl (C=O) groups is 2. The van der Waals surface area contributed by atoms with Crippen molar-refractivity contribution in [2.45, 2.75) is 51.4 Å². The lowest BCUT2D eigenvalue weighted by Gasteiger charge is -2.31. The third kappa shape index (κ3) is 3.24. The molecule has 3 aliphatic rings. The highest BCUT2D eigenvalue weighted by atomic mass is 16.5. The lowest BCUT2D eigenvalue weighted by atomic mass is 9.96. The maximum Gasteiger partial charge on any atom is 0.314 e. The van der Waals surface area contributed by atoms with Gasteiger partial charge in [0, 0.05) is 36.4 Å². The van der Waals surface area contributed by atoms with Crippen LogP contribution in [0.1, 0.15) is 49.8 Å². The van der Waals surface area contributed by atoms with Crippen molar-refractivity contribution in [3.05, 3.63) is 29.5 Å². The molecular weight excluding hydrogens is 342 g/mol.